The Bertz CT molecular complexity index is 407. The van der Waals surface area contributed by atoms with Crippen LogP contribution in [-0.2, 0) is 11.3 Å². The molecule has 3 N–H and O–H groups in total. The number of benzene rings is 1. The fourth-order valence-electron chi connectivity index (χ4n) is 1.88. The lowest BCUT2D eigenvalue weighted by Gasteiger charge is -2.13. The monoisotopic (exact) mass is 282 g/mol. The fourth-order valence-corrected chi connectivity index (χ4v) is 2.08. The highest BCUT2D eigenvalue weighted by Gasteiger charge is 2.12. The number of halogens is 1. The van der Waals surface area contributed by atoms with Gasteiger partial charge in [0.2, 0.25) is 5.91 Å². The molecule has 1 aromatic rings. The number of carbonyl (C=O) groups is 1. The predicted molar refractivity (Wildman–Crippen MR) is 80.0 cm³/mol. The molecule has 0 heterocycles. The highest BCUT2D eigenvalue weighted by atomic mass is 35.5. The highest BCUT2D eigenvalue weighted by Crippen LogP contribution is 2.15. The Morgan fingerprint density at radius 3 is 2.63 bits per heavy atom. The van der Waals surface area contributed by atoms with Gasteiger partial charge in [-0.05, 0) is 31.4 Å². The van der Waals surface area contributed by atoms with Crippen molar-refractivity contribution in [3.8, 4) is 0 Å². The fraction of sp³-hybridized carbons (Fsp3) is 0.533. The Hall–Kier alpha value is -1.06. The number of rotatable bonds is 7. The van der Waals surface area contributed by atoms with Gasteiger partial charge in [0, 0.05) is 23.5 Å². The van der Waals surface area contributed by atoms with Crippen molar-refractivity contribution in [1.29, 1.82) is 0 Å². The summed E-state index contributed by atoms with van der Waals surface area (Å²) in [5, 5.41) is 3.61. The van der Waals surface area contributed by atoms with E-state index in [-0.39, 0.29) is 17.9 Å². The molecule has 1 amide bonds. The smallest absolute Gasteiger partial charge is 0.223 e. The minimum absolute atomic E-state index is 0.0150. The number of nitrogens with one attached hydrogen (secondary N) is 1. The molecule has 0 aliphatic rings. The van der Waals surface area contributed by atoms with Crippen molar-refractivity contribution in [3.63, 3.8) is 0 Å². The molecule has 0 spiro atoms. The molecule has 1 aromatic carbocycles. The molecule has 2 atom stereocenters. The van der Waals surface area contributed by atoms with Gasteiger partial charge in [-0.1, -0.05) is 43.1 Å². The van der Waals surface area contributed by atoms with Gasteiger partial charge < -0.3 is 11.1 Å². The first-order valence-corrected chi connectivity index (χ1v) is 7.15. The van der Waals surface area contributed by atoms with E-state index in [1.165, 1.54) is 0 Å². The minimum atomic E-state index is 0.0150. The SMILES string of the molecule is CC(N)CCCC(C)C(=O)NCc1ccccc1Cl. The van der Waals surface area contributed by atoms with Gasteiger partial charge in [-0.3, -0.25) is 4.79 Å². The van der Waals surface area contributed by atoms with Gasteiger partial charge in [-0.15, -0.1) is 0 Å². The molecular weight excluding hydrogens is 260 g/mol. The standard InChI is InChI=1S/C15H23ClN2O/c1-11(6-5-7-12(2)17)15(19)18-10-13-8-3-4-9-14(13)16/h3-4,8-9,11-12H,5-7,10,17H2,1-2H3,(H,18,19). The first-order chi connectivity index (χ1) is 9.00. The van der Waals surface area contributed by atoms with Crippen LogP contribution in [-0.4, -0.2) is 11.9 Å². The molecule has 2 unspecified atom stereocenters. The third kappa shape index (κ3) is 6.08. The van der Waals surface area contributed by atoms with E-state index in [4.69, 9.17) is 17.3 Å². The van der Waals surface area contributed by atoms with Gasteiger partial charge in [-0.2, -0.15) is 0 Å². The van der Waals surface area contributed by atoms with E-state index in [1.807, 2.05) is 38.1 Å². The van der Waals surface area contributed by atoms with E-state index in [0.717, 1.165) is 24.8 Å². The maximum absolute atomic E-state index is 11.9. The molecule has 0 radical (unpaired) electrons. The summed E-state index contributed by atoms with van der Waals surface area (Å²) >= 11 is 6.04. The molecule has 19 heavy (non-hydrogen) atoms. The van der Waals surface area contributed by atoms with E-state index in [2.05, 4.69) is 5.32 Å². The lowest BCUT2D eigenvalue weighted by Crippen LogP contribution is -2.29. The van der Waals surface area contributed by atoms with Crippen LogP contribution in [0.15, 0.2) is 24.3 Å². The summed E-state index contributed by atoms with van der Waals surface area (Å²) in [5.74, 6) is 0.0887. The molecule has 4 heteroatoms. The third-order valence-corrected chi connectivity index (χ3v) is 3.52. The molecule has 0 bridgehead atoms. The second kappa shape index (κ2) is 8.18. The van der Waals surface area contributed by atoms with Crippen molar-refractivity contribution >= 4 is 17.5 Å². The van der Waals surface area contributed by atoms with E-state index in [1.54, 1.807) is 0 Å². The Morgan fingerprint density at radius 2 is 2.00 bits per heavy atom. The van der Waals surface area contributed by atoms with E-state index in [0.29, 0.717) is 11.6 Å². The van der Waals surface area contributed by atoms with Gasteiger partial charge in [0.05, 0.1) is 0 Å². The summed E-state index contributed by atoms with van der Waals surface area (Å²) in [6, 6.07) is 7.75. The molecule has 0 aromatic heterocycles. The largest absolute Gasteiger partial charge is 0.352 e. The summed E-state index contributed by atoms with van der Waals surface area (Å²) < 4.78 is 0. The zero-order valence-corrected chi connectivity index (χ0v) is 12.4. The van der Waals surface area contributed by atoms with E-state index in [9.17, 15) is 4.79 Å². The lowest BCUT2D eigenvalue weighted by atomic mass is 10.0. The third-order valence-electron chi connectivity index (χ3n) is 3.16. The second-order valence-corrected chi connectivity index (χ2v) is 5.53. The number of hydrogen-bond acceptors (Lipinski definition) is 2. The summed E-state index contributed by atoms with van der Waals surface area (Å²) in [5.41, 5.74) is 6.64. The zero-order chi connectivity index (χ0) is 14.3. The van der Waals surface area contributed by atoms with E-state index >= 15 is 0 Å². The number of hydrogen-bond donors (Lipinski definition) is 2. The summed E-state index contributed by atoms with van der Waals surface area (Å²) in [6.07, 6.45) is 2.82. The summed E-state index contributed by atoms with van der Waals surface area (Å²) in [6.45, 7) is 4.42. The normalized spacial score (nSPS) is 13.9. The van der Waals surface area contributed by atoms with Crippen LogP contribution in [0.1, 0.15) is 38.7 Å². The predicted octanol–water partition coefficient (Wildman–Crippen LogP) is 3.11. The number of nitrogens with two attached hydrogens (primary N) is 1. The lowest BCUT2D eigenvalue weighted by molar-refractivity contribution is -0.124. The van der Waals surface area contributed by atoms with Gasteiger partial charge in [-0.25, -0.2) is 0 Å². The van der Waals surface area contributed by atoms with Crippen LogP contribution in [0.4, 0.5) is 0 Å². The van der Waals surface area contributed by atoms with Gasteiger partial charge in [0.15, 0.2) is 0 Å². The Kier molecular flexibility index (Phi) is 6.89. The van der Waals surface area contributed by atoms with Crippen LogP contribution in [0.25, 0.3) is 0 Å². The second-order valence-electron chi connectivity index (χ2n) is 5.12. The van der Waals surface area contributed by atoms with E-state index < -0.39 is 0 Å². The first-order valence-electron chi connectivity index (χ1n) is 6.77. The Morgan fingerprint density at radius 1 is 1.32 bits per heavy atom. The summed E-state index contributed by atoms with van der Waals surface area (Å²) in [7, 11) is 0. The first kappa shape index (κ1) is 16.0. The van der Waals surface area contributed by atoms with Crippen molar-refractivity contribution in [2.75, 3.05) is 0 Å². The molecule has 3 nitrogen and oxygen atoms in total. The van der Waals surface area contributed by atoms with Crippen LogP contribution in [0, 0.1) is 5.92 Å². The summed E-state index contributed by atoms with van der Waals surface area (Å²) in [4.78, 5) is 11.9. The van der Waals surface area contributed by atoms with Crippen molar-refractivity contribution < 1.29 is 4.79 Å². The van der Waals surface area contributed by atoms with Crippen LogP contribution in [0.3, 0.4) is 0 Å². The van der Waals surface area contributed by atoms with Crippen LogP contribution >= 0.6 is 11.6 Å². The van der Waals surface area contributed by atoms with Crippen LogP contribution in [0.2, 0.25) is 5.02 Å². The van der Waals surface area contributed by atoms with Crippen molar-refractivity contribution in [1.82, 2.24) is 5.32 Å². The Balaban J connectivity index is 2.32. The van der Waals surface area contributed by atoms with Gasteiger partial charge in [0.25, 0.3) is 0 Å². The topological polar surface area (TPSA) is 55.1 Å². The van der Waals surface area contributed by atoms with Crippen molar-refractivity contribution in [2.24, 2.45) is 11.7 Å². The number of carbonyl (C=O) groups excluding carboxylic acids is 1. The van der Waals surface area contributed by atoms with Crippen LogP contribution < -0.4 is 11.1 Å². The molecule has 1 rings (SSSR count). The number of amides is 1. The molecule has 0 fully saturated rings. The maximum atomic E-state index is 11.9. The molecule has 0 aliphatic carbocycles. The Labute approximate surface area is 120 Å². The van der Waals surface area contributed by atoms with Gasteiger partial charge in [0.1, 0.15) is 0 Å². The molecule has 0 aliphatic heterocycles. The maximum Gasteiger partial charge on any atom is 0.223 e. The van der Waals surface area contributed by atoms with Crippen LogP contribution in [0.5, 0.6) is 0 Å². The highest BCUT2D eigenvalue weighted by molar-refractivity contribution is 6.31. The average Bonchev–Trinajstić information content (AvgIpc) is 2.36. The zero-order valence-electron chi connectivity index (χ0n) is 11.7. The van der Waals surface area contributed by atoms with Crippen molar-refractivity contribution in [3.05, 3.63) is 34.9 Å². The van der Waals surface area contributed by atoms with Crippen molar-refractivity contribution in [2.45, 2.75) is 45.7 Å². The molecular formula is C15H23ClN2O. The average molecular weight is 283 g/mol. The molecule has 106 valence electrons. The molecule has 0 saturated carbocycles. The quantitative estimate of drug-likeness (QED) is 0.807. The minimum Gasteiger partial charge on any atom is -0.352 e. The van der Waals surface area contributed by atoms with Gasteiger partial charge >= 0.3 is 0 Å². The molecule has 0 saturated heterocycles.